The molecule has 17 heavy (non-hydrogen) atoms. The Balaban J connectivity index is 3.52. The van der Waals surface area contributed by atoms with E-state index in [4.69, 9.17) is 20.6 Å². The molecule has 0 saturated heterocycles. The molecule has 0 unspecified atom stereocenters. The van der Waals surface area contributed by atoms with E-state index >= 15 is 0 Å². The fourth-order valence-corrected chi connectivity index (χ4v) is 1.69. The molecule has 0 heterocycles. The predicted octanol–water partition coefficient (Wildman–Crippen LogP) is 2.62. The molecule has 0 bridgehead atoms. The fourth-order valence-electron chi connectivity index (χ4n) is 1.69. The van der Waals surface area contributed by atoms with Gasteiger partial charge < -0.3 is 14.2 Å². The SMILES string of the molecule is C#CC(C)(C)c1c(OC)cc(OC)cc1OC. The number of methoxy groups -OCH3 is 3. The molecule has 0 radical (unpaired) electrons. The number of benzene rings is 1. The van der Waals surface area contributed by atoms with E-state index in [0.29, 0.717) is 17.2 Å². The number of terminal acetylenes is 1. The molecule has 0 aromatic heterocycles. The molecule has 0 atom stereocenters. The highest BCUT2D eigenvalue weighted by Gasteiger charge is 2.27. The summed E-state index contributed by atoms with van der Waals surface area (Å²) in [7, 11) is 4.80. The Morgan fingerprint density at radius 2 is 1.47 bits per heavy atom. The molecule has 0 amide bonds. The summed E-state index contributed by atoms with van der Waals surface area (Å²) >= 11 is 0. The second-order valence-electron chi connectivity index (χ2n) is 4.18. The van der Waals surface area contributed by atoms with Gasteiger partial charge in [-0.2, -0.15) is 0 Å². The van der Waals surface area contributed by atoms with Crippen LogP contribution in [0.2, 0.25) is 0 Å². The van der Waals surface area contributed by atoms with Gasteiger partial charge >= 0.3 is 0 Å². The summed E-state index contributed by atoms with van der Waals surface area (Å²) in [5.74, 6) is 4.76. The Hall–Kier alpha value is -1.82. The van der Waals surface area contributed by atoms with Crippen molar-refractivity contribution in [3.8, 4) is 29.6 Å². The zero-order chi connectivity index (χ0) is 13.1. The maximum absolute atomic E-state index is 5.56. The van der Waals surface area contributed by atoms with E-state index < -0.39 is 5.41 Å². The van der Waals surface area contributed by atoms with Gasteiger partial charge in [-0.05, 0) is 13.8 Å². The van der Waals surface area contributed by atoms with Crippen molar-refractivity contribution in [3.63, 3.8) is 0 Å². The van der Waals surface area contributed by atoms with Gasteiger partial charge in [-0.1, -0.05) is 5.92 Å². The van der Waals surface area contributed by atoms with Crippen molar-refractivity contribution in [3.05, 3.63) is 17.7 Å². The van der Waals surface area contributed by atoms with Gasteiger partial charge in [0.25, 0.3) is 0 Å². The van der Waals surface area contributed by atoms with Gasteiger partial charge in [0.05, 0.1) is 32.3 Å². The van der Waals surface area contributed by atoms with Crippen LogP contribution in [0.5, 0.6) is 17.2 Å². The van der Waals surface area contributed by atoms with Gasteiger partial charge in [-0.15, -0.1) is 6.42 Å². The first-order valence-electron chi connectivity index (χ1n) is 5.28. The molecule has 0 saturated carbocycles. The number of rotatable bonds is 4. The minimum Gasteiger partial charge on any atom is -0.496 e. The van der Waals surface area contributed by atoms with Gasteiger partial charge in [0.2, 0.25) is 0 Å². The number of hydrogen-bond donors (Lipinski definition) is 0. The number of hydrogen-bond acceptors (Lipinski definition) is 3. The fraction of sp³-hybridized carbons (Fsp3) is 0.429. The van der Waals surface area contributed by atoms with Crippen molar-refractivity contribution in [2.75, 3.05) is 21.3 Å². The van der Waals surface area contributed by atoms with Crippen LogP contribution < -0.4 is 14.2 Å². The van der Waals surface area contributed by atoms with Crippen molar-refractivity contribution in [1.82, 2.24) is 0 Å². The molecule has 0 fully saturated rings. The van der Waals surface area contributed by atoms with Crippen molar-refractivity contribution in [2.24, 2.45) is 0 Å². The first-order chi connectivity index (χ1) is 8.00. The Bertz CT molecular complexity index is 416. The van der Waals surface area contributed by atoms with Gasteiger partial charge in [0.1, 0.15) is 17.2 Å². The highest BCUT2D eigenvalue weighted by molar-refractivity contribution is 5.56. The molecular formula is C14H18O3. The zero-order valence-corrected chi connectivity index (χ0v) is 11.0. The summed E-state index contributed by atoms with van der Waals surface area (Å²) in [6.07, 6.45) is 5.56. The average molecular weight is 234 g/mol. The van der Waals surface area contributed by atoms with Crippen LogP contribution in [0.4, 0.5) is 0 Å². The predicted molar refractivity (Wildman–Crippen MR) is 68.0 cm³/mol. The molecule has 92 valence electrons. The van der Waals surface area contributed by atoms with Crippen molar-refractivity contribution in [1.29, 1.82) is 0 Å². The lowest BCUT2D eigenvalue weighted by Crippen LogP contribution is -2.17. The Labute approximate surface area is 103 Å². The third-order valence-electron chi connectivity index (χ3n) is 2.70. The molecule has 0 aliphatic rings. The van der Waals surface area contributed by atoms with Gasteiger partial charge in [0, 0.05) is 12.1 Å². The van der Waals surface area contributed by atoms with E-state index in [9.17, 15) is 0 Å². The summed E-state index contributed by atoms with van der Waals surface area (Å²) in [4.78, 5) is 0. The Morgan fingerprint density at radius 1 is 1.00 bits per heavy atom. The quantitative estimate of drug-likeness (QED) is 0.749. The third-order valence-corrected chi connectivity index (χ3v) is 2.70. The van der Waals surface area contributed by atoms with E-state index in [-0.39, 0.29) is 0 Å². The maximum atomic E-state index is 5.56. The molecular weight excluding hydrogens is 216 g/mol. The van der Waals surface area contributed by atoms with Gasteiger partial charge in [-0.25, -0.2) is 0 Å². The van der Waals surface area contributed by atoms with Crippen LogP contribution in [0.15, 0.2) is 12.1 Å². The van der Waals surface area contributed by atoms with Crippen LogP contribution >= 0.6 is 0 Å². The normalized spacial score (nSPS) is 10.6. The average Bonchev–Trinajstić information content (AvgIpc) is 2.36. The lowest BCUT2D eigenvalue weighted by atomic mass is 9.84. The van der Waals surface area contributed by atoms with Crippen LogP contribution in [-0.4, -0.2) is 21.3 Å². The largest absolute Gasteiger partial charge is 0.496 e. The summed E-state index contributed by atoms with van der Waals surface area (Å²) in [6, 6.07) is 3.61. The molecule has 0 aliphatic carbocycles. The topological polar surface area (TPSA) is 27.7 Å². The van der Waals surface area contributed by atoms with Crippen LogP contribution in [-0.2, 0) is 5.41 Å². The van der Waals surface area contributed by atoms with Crippen LogP contribution in [0.3, 0.4) is 0 Å². The molecule has 1 aromatic rings. The highest BCUT2D eigenvalue weighted by Crippen LogP contribution is 2.41. The third kappa shape index (κ3) is 2.47. The van der Waals surface area contributed by atoms with Crippen molar-refractivity contribution < 1.29 is 14.2 Å². The first-order valence-corrected chi connectivity index (χ1v) is 5.28. The Kier molecular flexibility index (Phi) is 3.90. The molecule has 3 nitrogen and oxygen atoms in total. The van der Waals surface area contributed by atoms with E-state index in [0.717, 1.165) is 5.56 Å². The lowest BCUT2D eigenvalue weighted by molar-refractivity contribution is 0.361. The van der Waals surface area contributed by atoms with Crippen molar-refractivity contribution in [2.45, 2.75) is 19.3 Å². The first kappa shape index (κ1) is 13.2. The molecule has 3 heteroatoms. The maximum Gasteiger partial charge on any atom is 0.130 e. The molecule has 1 rings (SSSR count). The van der Waals surface area contributed by atoms with Crippen LogP contribution in [0.25, 0.3) is 0 Å². The molecule has 0 aliphatic heterocycles. The Morgan fingerprint density at radius 3 is 1.76 bits per heavy atom. The summed E-state index contributed by atoms with van der Waals surface area (Å²) < 4.78 is 15.9. The van der Waals surface area contributed by atoms with Crippen LogP contribution in [0.1, 0.15) is 19.4 Å². The molecule has 0 N–H and O–H groups in total. The standard InChI is InChI=1S/C14H18O3/c1-7-14(2,3)13-11(16-5)8-10(15-4)9-12(13)17-6/h1,8-9H,2-6H3. The highest BCUT2D eigenvalue weighted by atomic mass is 16.5. The molecule has 1 aromatic carbocycles. The molecule has 0 spiro atoms. The summed E-state index contributed by atoms with van der Waals surface area (Å²) in [6.45, 7) is 3.89. The van der Waals surface area contributed by atoms with Gasteiger partial charge in [0.15, 0.2) is 0 Å². The summed E-state index contributed by atoms with van der Waals surface area (Å²) in [5.41, 5.74) is 0.383. The van der Waals surface area contributed by atoms with Crippen LogP contribution in [0, 0.1) is 12.3 Å². The van der Waals surface area contributed by atoms with E-state index in [1.165, 1.54) is 0 Å². The zero-order valence-electron chi connectivity index (χ0n) is 11.0. The monoisotopic (exact) mass is 234 g/mol. The van der Waals surface area contributed by atoms with Crippen molar-refractivity contribution >= 4 is 0 Å². The minimum atomic E-state index is -0.469. The van der Waals surface area contributed by atoms with E-state index in [2.05, 4.69) is 5.92 Å². The van der Waals surface area contributed by atoms with E-state index in [1.807, 2.05) is 13.8 Å². The smallest absolute Gasteiger partial charge is 0.130 e. The number of ether oxygens (including phenoxy) is 3. The van der Waals surface area contributed by atoms with Gasteiger partial charge in [-0.3, -0.25) is 0 Å². The second kappa shape index (κ2) is 5.01. The second-order valence-corrected chi connectivity index (χ2v) is 4.18. The summed E-state index contributed by atoms with van der Waals surface area (Å²) in [5, 5.41) is 0. The minimum absolute atomic E-state index is 0.469. The lowest BCUT2D eigenvalue weighted by Gasteiger charge is -2.24. The van der Waals surface area contributed by atoms with E-state index in [1.54, 1.807) is 33.5 Å².